The Morgan fingerprint density at radius 2 is 1.80 bits per heavy atom. The maximum atomic E-state index is 12.3. The first-order chi connectivity index (χ1) is 9.50. The number of carbonyl (C=O) groups is 2. The molecule has 0 saturated carbocycles. The second-order valence-corrected chi connectivity index (χ2v) is 5.47. The van der Waals surface area contributed by atoms with Crippen molar-refractivity contribution in [2.75, 3.05) is 26.2 Å². The first-order valence-corrected chi connectivity index (χ1v) is 7.07. The Hall–Kier alpha value is -1.62. The highest BCUT2D eigenvalue weighted by Crippen LogP contribution is 2.16. The fraction of sp³-hybridized carbons (Fsp3) is 0.500. The van der Waals surface area contributed by atoms with Gasteiger partial charge in [-0.25, -0.2) is 4.98 Å². The number of pyridine rings is 1. The fourth-order valence-electron chi connectivity index (χ4n) is 2.21. The van der Waals surface area contributed by atoms with Gasteiger partial charge in [-0.05, 0) is 12.1 Å². The smallest absolute Gasteiger partial charge is 0.257 e. The van der Waals surface area contributed by atoms with Gasteiger partial charge in [0.1, 0.15) is 5.15 Å². The Labute approximate surface area is 123 Å². The van der Waals surface area contributed by atoms with Crippen LogP contribution in [0.2, 0.25) is 5.15 Å². The highest BCUT2D eigenvalue weighted by Gasteiger charge is 2.26. The van der Waals surface area contributed by atoms with Crippen molar-refractivity contribution in [1.29, 1.82) is 0 Å². The normalized spacial score (nSPS) is 15.6. The summed E-state index contributed by atoms with van der Waals surface area (Å²) in [6.45, 7) is 5.97. The molecule has 0 radical (unpaired) electrons. The molecule has 1 aromatic rings. The first kappa shape index (κ1) is 14.8. The molecule has 108 valence electrons. The Balaban J connectivity index is 1.99. The van der Waals surface area contributed by atoms with Gasteiger partial charge in [-0.1, -0.05) is 25.4 Å². The van der Waals surface area contributed by atoms with E-state index >= 15 is 0 Å². The zero-order valence-corrected chi connectivity index (χ0v) is 12.4. The lowest BCUT2D eigenvalue weighted by atomic mass is 10.1. The number of carbonyl (C=O) groups excluding carboxylic acids is 2. The van der Waals surface area contributed by atoms with Gasteiger partial charge >= 0.3 is 0 Å². The van der Waals surface area contributed by atoms with Crippen molar-refractivity contribution >= 4 is 23.4 Å². The van der Waals surface area contributed by atoms with Gasteiger partial charge in [-0.3, -0.25) is 9.59 Å². The van der Waals surface area contributed by atoms with E-state index in [0.29, 0.717) is 31.7 Å². The number of hydrogen-bond acceptors (Lipinski definition) is 3. The molecule has 2 rings (SSSR count). The van der Waals surface area contributed by atoms with Crippen molar-refractivity contribution in [1.82, 2.24) is 14.8 Å². The van der Waals surface area contributed by atoms with Crippen LogP contribution < -0.4 is 0 Å². The van der Waals surface area contributed by atoms with Crippen LogP contribution in [-0.2, 0) is 4.79 Å². The summed E-state index contributed by atoms with van der Waals surface area (Å²) in [6.07, 6.45) is 1.55. The van der Waals surface area contributed by atoms with Gasteiger partial charge in [0, 0.05) is 38.3 Å². The molecule has 1 aliphatic heterocycles. The molecule has 1 fully saturated rings. The average molecular weight is 296 g/mol. The average Bonchev–Trinajstić information content (AvgIpc) is 2.46. The van der Waals surface area contributed by atoms with E-state index in [-0.39, 0.29) is 22.9 Å². The predicted molar refractivity (Wildman–Crippen MR) is 76.6 cm³/mol. The number of nitrogens with zero attached hydrogens (tertiary/aromatic N) is 3. The second kappa shape index (κ2) is 6.22. The monoisotopic (exact) mass is 295 g/mol. The molecule has 0 aliphatic carbocycles. The number of hydrogen-bond donors (Lipinski definition) is 0. The van der Waals surface area contributed by atoms with Crippen molar-refractivity contribution in [3.05, 3.63) is 29.0 Å². The molecule has 1 saturated heterocycles. The lowest BCUT2D eigenvalue weighted by molar-refractivity contribution is -0.135. The van der Waals surface area contributed by atoms with Crippen molar-refractivity contribution < 1.29 is 9.59 Å². The lowest BCUT2D eigenvalue weighted by Gasteiger charge is -2.35. The third-order valence-corrected chi connectivity index (χ3v) is 3.66. The molecule has 1 aliphatic rings. The zero-order chi connectivity index (χ0) is 14.7. The van der Waals surface area contributed by atoms with E-state index in [4.69, 9.17) is 11.6 Å². The molecule has 0 unspecified atom stereocenters. The van der Waals surface area contributed by atoms with E-state index in [2.05, 4.69) is 4.98 Å². The molecule has 0 bridgehead atoms. The molecule has 0 atom stereocenters. The van der Waals surface area contributed by atoms with Crippen LogP contribution in [0.5, 0.6) is 0 Å². The molecule has 2 amide bonds. The van der Waals surface area contributed by atoms with Gasteiger partial charge < -0.3 is 9.80 Å². The lowest BCUT2D eigenvalue weighted by Crippen LogP contribution is -2.51. The van der Waals surface area contributed by atoms with Gasteiger partial charge in [-0.2, -0.15) is 0 Å². The largest absolute Gasteiger partial charge is 0.339 e. The number of piperazine rings is 1. The van der Waals surface area contributed by atoms with Crippen molar-refractivity contribution in [2.45, 2.75) is 13.8 Å². The minimum atomic E-state index is -0.125. The maximum Gasteiger partial charge on any atom is 0.257 e. The predicted octanol–water partition coefficient (Wildman–Crippen LogP) is 1.68. The summed E-state index contributed by atoms with van der Waals surface area (Å²) < 4.78 is 0. The SMILES string of the molecule is CC(C)C(=O)N1CCN(C(=O)c2cccnc2Cl)CC1. The van der Waals surface area contributed by atoms with Gasteiger partial charge in [0.2, 0.25) is 5.91 Å². The van der Waals surface area contributed by atoms with Crippen molar-refractivity contribution in [3.63, 3.8) is 0 Å². The van der Waals surface area contributed by atoms with E-state index < -0.39 is 0 Å². The highest BCUT2D eigenvalue weighted by atomic mass is 35.5. The molecule has 20 heavy (non-hydrogen) atoms. The first-order valence-electron chi connectivity index (χ1n) is 6.69. The fourth-order valence-corrected chi connectivity index (χ4v) is 2.41. The summed E-state index contributed by atoms with van der Waals surface area (Å²) in [5, 5.41) is 0.221. The van der Waals surface area contributed by atoms with Crippen LogP contribution in [0.4, 0.5) is 0 Å². The molecule has 6 heteroatoms. The van der Waals surface area contributed by atoms with Crippen LogP contribution in [0.15, 0.2) is 18.3 Å². The molecule has 2 heterocycles. The summed E-state index contributed by atoms with van der Waals surface area (Å²) in [5.74, 6) is 0.00118. The molecule has 0 spiro atoms. The van der Waals surface area contributed by atoms with Gasteiger partial charge in [0.25, 0.3) is 5.91 Å². The van der Waals surface area contributed by atoms with Gasteiger partial charge in [0.15, 0.2) is 0 Å². The molecular weight excluding hydrogens is 278 g/mol. The number of halogens is 1. The molecule has 5 nitrogen and oxygen atoms in total. The van der Waals surface area contributed by atoms with Crippen molar-refractivity contribution in [2.24, 2.45) is 5.92 Å². The van der Waals surface area contributed by atoms with E-state index in [1.165, 1.54) is 0 Å². The summed E-state index contributed by atoms with van der Waals surface area (Å²) in [6, 6.07) is 3.36. The Bertz CT molecular complexity index is 511. The number of aromatic nitrogens is 1. The van der Waals surface area contributed by atoms with Crippen LogP contribution >= 0.6 is 11.6 Å². The van der Waals surface area contributed by atoms with Crippen LogP contribution in [0, 0.1) is 5.92 Å². The molecule has 0 N–H and O–H groups in total. The van der Waals surface area contributed by atoms with Crippen LogP contribution in [-0.4, -0.2) is 52.8 Å². The second-order valence-electron chi connectivity index (χ2n) is 5.11. The van der Waals surface area contributed by atoms with E-state index in [9.17, 15) is 9.59 Å². The topological polar surface area (TPSA) is 53.5 Å². The van der Waals surface area contributed by atoms with Gasteiger partial charge in [-0.15, -0.1) is 0 Å². The Morgan fingerprint density at radius 1 is 1.20 bits per heavy atom. The third-order valence-electron chi connectivity index (χ3n) is 3.36. The zero-order valence-electron chi connectivity index (χ0n) is 11.7. The molecule has 0 aromatic carbocycles. The number of amides is 2. The maximum absolute atomic E-state index is 12.3. The molecular formula is C14H18ClN3O2. The highest BCUT2D eigenvalue weighted by molar-refractivity contribution is 6.32. The molecule has 1 aromatic heterocycles. The summed E-state index contributed by atoms with van der Waals surface area (Å²) in [5.41, 5.74) is 0.415. The standard InChI is InChI=1S/C14H18ClN3O2/c1-10(2)13(19)17-6-8-18(9-7-17)14(20)11-4-3-5-16-12(11)15/h3-5,10H,6-9H2,1-2H3. The third kappa shape index (κ3) is 3.10. The summed E-state index contributed by atoms with van der Waals surface area (Å²) in [4.78, 5) is 31.7. The Morgan fingerprint density at radius 3 is 2.35 bits per heavy atom. The Kier molecular flexibility index (Phi) is 4.60. The number of rotatable bonds is 2. The quantitative estimate of drug-likeness (QED) is 0.780. The van der Waals surface area contributed by atoms with Crippen molar-refractivity contribution in [3.8, 4) is 0 Å². The van der Waals surface area contributed by atoms with Crippen LogP contribution in [0.3, 0.4) is 0 Å². The van der Waals surface area contributed by atoms with Crippen LogP contribution in [0.1, 0.15) is 24.2 Å². The summed E-state index contributed by atoms with van der Waals surface area (Å²) in [7, 11) is 0. The van der Waals surface area contributed by atoms with Crippen LogP contribution in [0.25, 0.3) is 0 Å². The minimum absolute atomic E-state index is 0.00924. The van der Waals surface area contributed by atoms with Gasteiger partial charge in [0.05, 0.1) is 5.56 Å². The minimum Gasteiger partial charge on any atom is -0.339 e. The van der Waals surface area contributed by atoms with E-state index in [1.54, 1.807) is 28.1 Å². The van der Waals surface area contributed by atoms with E-state index in [1.807, 2.05) is 13.8 Å². The van der Waals surface area contributed by atoms with E-state index in [0.717, 1.165) is 0 Å². The summed E-state index contributed by atoms with van der Waals surface area (Å²) >= 11 is 5.94.